The number of rotatable bonds is 5. The van der Waals surface area contributed by atoms with E-state index in [1.54, 1.807) is 12.1 Å². The molecule has 2 aromatic carbocycles. The Hall–Kier alpha value is -2.11. The second kappa shape index (κ2) is 6.25. The highest BCUT2D eigenvalue weighted by molar-refractivity contribution is 7.89. The van der Waals surface area contributed by atoms with Crippen molar-refractivity contribution >= 4 is 15.7 Å². The fourth-order valence-electron chi connectivity index (χ4n) is 4.52. The predicted octanol–water partition coefficient (Wildman–Crippen LogP) is 3.94. The zero-order chi connectivity index (χ0) is 18.4. The summed E-state index contributed by atoms with van der Waals surface area (Å²) in [4.78, 5) is 2.69. The summed E-state index contributed by atoms with van der Waals surface area (Å²) < 4.78 is 29.2. The lowest BCUT2D eigenvalue weighted by molar-refractivity contribution is 0.354. The third-order valence-electron chi connectivity index (χ3n) is 5.71. The Morgan fingerprint density at radius 3 is 2.69 bits per heavy atom. The topological polar surface area (TPSA) is 49.4 Å². The van der Waals surface area contributed by atoms with Crippen molar-refractivity contribution in [2.75, 3.05) is 11.4 Å². The average Bonchev–Trinajstić information content (AvgIpc) is 3.13. The number of para-hydroxylation sites is 1. The molecule has 5 heteroatoms. The number of anilines is 1. The minimum atomic E-state index is -3.61. The van der Waals surface area contributed by atoms with Crippen molar-refractivity contribution in [3.63, 3.8) is 0 Å². The molecule has 4 rings (SSSR count). The van der Waals surface area contributed by atoms with Gasteiger partial charge in [-0.15, -0.1) is 6.58 Å². The second-order valence-electron chi connectivity index (χ2n) is 7.28. The monoisotopic (exact) mass is 368 g/mol. The first-order valence-corrected chi connectivity index (χ1v) is 10.5. The molecule has 0 amide bonds. The van der Waals surface area contributed by atoms with Gasteiger partial charge in [-0.3, -0.25) is 0 Å². The molecular weight excluding hydrogens is 344 g/mol. The second-order valence-corrected chi connectivity index (χ2v) is 8.99. The van der Waals surface area contributed by atoms with Crippen LogP contribution >= 0.6 is 0 Å². The smallest absolute Gasteiger partial charge is 0.241 e. The van der Waals surface area contributed by atoms with Gasteiger partial charge >= 0.3 is 0 Å². The zero-order valence-corrected chi connectivity index (χ0v) is 15.8. The van der Waals surface area contributed by atoms with Crippen LogP contribution in [0.15, 0.2) is 66.1 Å². The molecule has 1 fully saturated rings. The van der Waals surface area contributed by atoms with Gasteiger partial charge in [0.1, 0.15) is 0 Å². The molecule has 0 aromatic heterocycles. The Balaban J connectivity index is 1.78. The number of fused-ring (bicyclic) bond motifs is 3. The number of nitrogens with zero attached hydrogens (tertiary/aromatic N) is 1. The zero-order valence-electron chi connectivity index (χ0n) is 15.0. The summed E-state index contributed by atoms with van der Waals surface area (Å²) in [6.45, 7) is 6.84. The maximum absolute atomic E-state index is 13.1. The van der Waals surface area contributed by atoms with Crippen LogP contribution < -0.4 is 9.62 Å². The van der Waals surface area contributed by atoms with E-state index in [1.807, 2.05) is 43.3 Å². The minimum absolute atomic E-state index is 0.261. The minimum Gasteiger partial charge on any atom is -0.363 e. The predicted molar refractivity (Wildman–Crippen MR) is 105 cm³/mol. The van der Waals surface area contributed by atoms with Crippen LogP contribution in [0.3, 0.4) is 0 Å². The molecule has 1 N–H and O–H groups in total. The number of aryl methyl sites for hydroxylation is 1. The Morgan fingerprint density at radius 1 is 1.23 bits per heavy atom. The number of benzene rings is 2. The molecule has 2 atom stereocenters. The van der Waals surface area contributed by atoms with Crippen molar-refractivity contribution in [2.24, 2.45) is 0 Å². The molecule has 2 aromatic rings. The van der Waals surface area contributed by atoms with Gasteiger partial charge in [0.05, 0.1) is 16.5 Å². The maximum atomic E-state index is 13.1. The fourth-order valence-corrected chi connectivity index (χ4v) is 5.81. The molecule has 0 radical (unpaired) electrons. The lowest BCUT2D eigenvalue weighted by Crippen LogP contribution is -2.49. The highest BCUT2D eigenvalue weighted by Crippen LogP contribution is 2.53. The van der Waals surface area contributed by atoms with Crippen LogP contribution in [0, 0.1) is 6.92 Å². The van der Waals surface area contributed by atoms with Gasteiger partial charge < -0.3 is 4.90 Å². The first-order chi connectivity index (χ1) is 12.5. The standard InChI is InChI=1S/C21H24N2O2S/c1-3-13-21-14-6-15-23(21)19-8-5-4-7-18(19)20(21)22-26(24,25)17-11-9-16(2)10-12-17/h3-5,7-12,20,22H,1,6,13-15H2,2H3/t20-,21+/m1/s1. The van der Waals surface area contributed by atoms with Gasteiger partial charge in [0.15, 0.2) is 0 Å². The van der Waals surface area contributed by atoms with Gasteiger partial charge in [-0.25, -0.2) is 13.1 Å². The number of hydrogen-bond donors (Lipinski definition) is 1. The van der Waals surface area contributed by atoms with E-state index in [1.165, 1.54) is 0 Å². The highest BCUT2D eigenvalue weighted by Gasteiger charge is 2.54. The largest absolute Gasteiger partial charge is 0.363 e. The molecule has 4 nitrogen and oxygen atoms in total. The molecule has 2 heterocycles. The SMILES string of the molecule is C=CC[C@@]12CCCN1c1ccccc1[C@H]2NS(=O)(=O)c1ccc(C)cc1. The Bertz CT molecular complexity index is 937. The quantitative estimate of drug-likeness (QED) is 0.813. The molecule has 2 aliphatic heterocycles. The molecule has 1 saturated heterocycles. The van der Waals surface area contributed by atoms with Crippen LogP contribution in [-0.4, -0.2) is 20.5 Å². The van der Waals surface area contributed by atoms with Crippen LogP contribution in [0.5, 0.6) is 0 Å². The van der Waals surface area contributed by atoms with Gasteiger partial charge in [-0.05, 0) is 49.9 Å². The van der Waals surface area contributed by atoms with Gasteiger partial charge in [-0.2, -0.15) is 0 Å². The van der Waals surface area contributed by atoms with Crippen molar-refractivity contribution in [3.8, 4) is 0 Å². The van der Waals surface area contributed by atoms with E-state index >= 15 is 0 Å². The third kappa shape index (κ3) is 2.58. The van der Waals surface area contributed by atoms with Crippen LogP contribution in [0.4, 0.5) is 5.69 Å². The summed E-state index contributed by atoms with van der Waals surface area (Å²) in [6, 6.07) is 14.9. The van der Waals surface area contributed by atoms with Crippen molar-refractivity contribution in [3.05, 3.63) is 72.3 Å². The molecule has 0 spiro atoms. The van der Waals surface area contributed by atoms with E-state index in [0.29, 0.717) is 4.90 Å². The number of nitrogens with one attached hydrogen (secondary N) is 1. The van der Waals surface area contributed by atoms with Crippen LogP contribution in [0.25, 0.3) is 0 Å². The molecule has 0 aliphatic carbocycles. The van der Waals surface area contributed by atoms with E-state index in [-0.39, 0.29) is 11.6 Å². The molecule has 26 heavy (non-hydrogen) atoms. The van der Waals surface area contributed by atoms with E-state index < -0.39 is 10.0 Å². The van der Waals surface area contributed by atoms with Gasteiger partial charge in [0.25, 0.3) is 0 Å². The molecule has 2 aliphatic rings. The summed E-state index contributed by atoms with van der Waals surface area (Å²) in [5.41, 5.74) is 2.98. The molecular formula is C21H24N2O2S. The normalized spacial score (nSPS) is 24.3. The van der Waals surface area contributed by atoms with E-state index in [0.717, 1.165) is 42.6 Å². The molecule has 0 saturated carbocycles. The summed E-state index contributed by atoms with van der Waals surface area (Å²) in [5, 5.41) is 0. The van der Waals surface area contributed by atoms with E-state index in [2.05, 4.69) is 22.3 Å². The Labute approximate surface area is 155 Å². The highest BCUT2D eigenvalue weighted by atomic mass is 32.2. The maximum Gasteiger partial charge on any atom is 0.241 e. The Morgan fingerprint density at radius 2 is 1.96 bits per heavy atom. The van der Waals surface area contributed by atoms with E-state index in [4.69, 9.17) is 0 Å². The van der Waals surface area contributed by atoms with Crippen LogP contribution in [0.2, 0.25) is 0 Å². The van der Waals surface area contributed by atoms with Gasteiger partial charge in [0, 0.05) is 12.2 Å². The van der Waals surface area contributed by atoms with Crippen molar-refractivity contribution in [1.82, 2.24) is 4.72 Å². The van der Waals surface area contributed by atoms with Gasteiger partial charge in [-0.1, -0.05) is 42.0 Å². The summed E-state index contributed by atoms with van der Waals surface area (Å²) in [6.07, 6.45) is 4.68. The summed E-state index contributed by atoms with van der Waals surface area (Å²) in [7, 11) is -3.61. The fraction of sp³-hybridized carbons (Fsp3) is 0.333. The van der Waals surface area contributed by atoms with Crippen LogP contribution in [-0.2, 0) is 10.0 Å². The molecule has 0 unspecified atom stereocenters. The van der Waals surface area contributed by atoms with Crippen molar-refractivity contribution in [2.45, 2.75) is 42.7 Å². The third-order valence-corrected chi connectivity index (χ3v) is 7.15. The lowest BCUT2D eigenvalue weighted by atomic mass is 9.84. The first-order valence-electron chi connectivity index (χ1n) is 9.04. The average molecular weight is 369 g/mol. The van der Waals surface area contributed by atoms with Crippen molar-refractivity contribution < 1.29 is 8.42 Å². The Kier molecular flexibility index (Phi) is 4.16. The molecule has 136 valence electrons. The number of hydrogen-bond acceptors (Lipinski definition) is 3. The van der Waals surface area contributed by atoms with Gasteiger partial charge in [0.2, 0.25) is 10.0 Å². The first kappa shape index (κ1) is 17.3. The van der Waals surface area contributed by atoms with Crippen LogP contribution in [0.1, 0.15) is 36.4 Å². The summed E-state index contributed by atoms with van der Waals surface area (Å²) in [5.74, 6) is 0. The summed E-state index contributed by atoms with van der Waals surface area (Å²) >= 11 is 0. The lowest BCUT2D eigenvalue weighted by Gasteiger charge is -2.38. The van der Waals surface area contributed by atoms with E-state index in [9.17, 15) is 8.42 Å². The number of sulfonamides is 1. The van der Waals surface area contributed by atoms with Crippen molar-refractivity contribution in [1.29, 1.82) is 0 Å². The molecule has 0 bridgehead atoms.